The van der Waals surface area contributed by atoms with Gasteiger partial charge in [-0.3, -0.25) is 0 Å². The molecule has 0 unspecified atom stereocenters. The third-order valence-corrected chi connectivity index (χ3v) is 3.33. The van der Waals surface area contributed by atoms with Gasteiger partial charge in [-0.25, -0.2) is 0 Å². The fourth-order valence-electron chi connectivity index (χ4n) is 2.38. The number of nitrogens with one attached hydrogen (secondary N) is 1. The summed E-state index contributed by atoms with van der Waals surface area (Å²) in [4.78, 5) is 0. The van der Waals surface area contributed by atoms with Gasteiger partial charge in [0.15, 0.2) is 5.11 Å². The first-order valence-corrected chi connectivity index (χ1v) is 6.79. The van der Waals surface area contributed by atoms with Crippen molar-refractivity contribution in [3.63, 3.8) is 0 Å². The lowest BCUT2D eigenvalue weighted by atomic mass is 9.98. The Morgan fingerprint density at radius 1 is 0.900 bits per heavy atom. The molecule has 3 heteroatoms. The van der Waals surface area contributed by atoms with Crippen LogP contribution in [0.15, 0.2) is 66.7 Å². The Labute approximate surface area is 123 Å². The first-order chi connectivity index (χ1) is 9.74. The summed E-state index contributed by atoms with van der Waals surface area (Å²) in [6.07, 6.45) is 0. The van der Waals surface area contributed by atoms with Crippen LogP contribution in [-0.2, 0) is 0 Å². The van der Waals surface area contributed by atoms with Crippen LogP contribution in [0.2, 0.25) is 0 Å². The van der Waals surface area contributed by atoms with E-state index in [-0.39, 0.29) is 5.11 Å². The Bertz CT molecular complexity index is 775. The van der Waals surface area contributed by atoms with Gasteiger partial charge >= 0.3 is 0 Å². The number of thiocarbonyl (C=S) groups is 1. The highest BCUT2D eigenvalue weighted by Gasteiger charge is 2.04. The third-order valence-electron chi connectivity index (χ3n) is 3.23. The summed E-state index contributed by atoms with van der Waals surface area (Å²) >= 11 is 4.88. The molecule has 98 valence electrons. The molecule has 0 radical (unpaired) electrons. The summed E-state index contributed by atoms with van der Waals surface area (Å²) in [5.41, 5.74) is 8.77. The molecule has 0 aromatic heterocycles. The maximum Gasteiger partial charge on any atom is 0.168 e. The quantitative estimate of drug-likeness (QED) is 0.691. The monoisotopic (exact) mass is 278 g/mol. The van der Waals surface area contributed by atoms with Crippen LogP contribution in [0.25, 0.3) is 21.9 Å². The molecular weight excluding hydrogens is 264 g/mol. The van der Waals surface area contributed by atoms with E-state index in [2.05, 4.69) is 59.9 Å². The number of fused-ring (bicyclic) bond motifs is 1. The molecule has 3 aromatic carbocycles. The topological polar surface area (TPSA) is 38.0 Å². The second-order valence-electron chi connectivity index (χ2n) is 4.60. The predicted molar refractivity (Wildman–Crippen MR) is 89.8 cm³/mol. The second kappa shape index (κ2) is 5.31. The Morgan fingerprint density at radius 2 is 1.65 bits per heavy atom. The van der Waals surface area contributed by atoms with Crippen molar-refractivity contribution >= 4 is 33.8 Å². The molecule has 0 heterocycles. The lowest BCUT2D eigenvalue weighted by molar-refractivity contribution is 1.59. The van der Waals surface area contributed by atoms with Gasteiger partial charge < -0.3 is 11.1 Å². The lowest BCUT2D eigenvalue weighted by Gasteiger charge is -2.09. The van der Waals surface area contributed by atoms with E-state index in [1.54, 1.807) is 0 Å². The van der Waals surface area contributed by atoms with E-state index in [0.717, 1.165) is 11.3 Å². The van der Waals surface area contributed by atoms with Gasteiger partial charge in [0.2, 0.25) is 0 Å². The molecule has 2 nitrogen and oxygen atoms in total. The smallest absolute Gasteiger partial charge is 0.168 e. The van der Waals surface area contributed by atoms with Crippen LogP contribution in [0, 0.1) is 0 Å². The highest BCUT2D eigenvalue weighted by Crippen LogP contribution is 2.29. The van der Waals surface area contributed by atoms with E-state index in [9.17, 15) is 0 Å². The number of rotatable bonds is 2. The van der Waals surface area contributed by atoms with Gasteiger partial charge in [-0.2, -0.15) is 0 Å². The van der Waals surface area contributed by atoms with Crippen molar-refractivity contribution in [3.05, 3.63) is 66.7 Å². The van der Waals surface area contributed by atoms with Gasteiger partial charge in [-0.15, -0.1) is 0 Å². The van der Waals surface area contributed by atoms with E-state index in [4.69, 9.17) is 18.0 Å². The second-order valence-corrected chi connectivity index (χ2v) is 5.04. The van der Waals surface area contributed by atoms with Crippen LogP contribution in [0.1, 0.15) is 0 Å². The van der Waals surface area contributed by atoms with E-state index in [0.29, 0.717) is 0 Å². The summed E-state index contributed by atoms with van der Waals surface area (Å²) in [6, 6.07) is 22.8. The Kier molecular flexibility index (Phi) is 3.35. The third kappa shape index (κ3) is 2.49. The standard InChI is InChI=1S/C17H14N2S/c18-17(20)19-14-8-3-7-13(11-14)16-10-4-6-12-5-1-2-9-15(12)16/h1-11H,(H3,18,19,20). The Morgan fingerprint density at radius 3 is 2.50 bits per heavy atom. The molecule has 3 rings (SSSR count). The van der Waals surface area contributed by atoms with Gasteiger partial charge in [-0.1, -0.05) is 54.6 Å². The van der Waals surface area contributed by atoms with Crippen LogP contribution in [-0.4, -0.2) is 5.11 Å². The first-order valence-electron chi connectivity index (χ1n) is 6.39. The maximum absolute atomic E-state index is 5.52. The van der Waals surface area contributed by atoms with Gasteiger partial charge in [0, 0.05) is 5.69 Å². The minimum Gasteiger partial charge on any atom is -0.376 e. The highest BCUT2D eigenvalue weighted by molar-refractivity contribution is 7.80. The minimum atomic E-state index is 0.278. The molecule has 0 fully saturated rings. The molecule has 0 aliphatic carbocycles. The van der Waals surface area contributed by atoms with Crippen molar-refractivity contribution in [3.8, 4) is 11.1 Å². The molecule has 0 atom stereocenters. The van der Waals surface area contributed by atoms with Crippen LogP contribution in [0.4, 0.5) is 5.69 Å². The molecule has 0 saturated heterocycles. The molecule has 3 N–H and O–H groups in total. The van der Waals surface area contributed by atoms with Crippen molar-refractivity contribution in [2.45, 2.75) is 0 Å². The van der Waals surface area contributed by atoms with Crippen LogP contribution < -0.4 is 11.1 Å². The van der Waals surface area contributed by atoms with Crippen LogP contribution in [0.3, 0.4) is 0 Å². The van der Waals surface area contributed by atoms with Crippen molar-refractivity contribution in [2.75, 3.05) is 5.32 Å². The number of benzene rings is 3. The normalized spacial score (nSPS) is 10.4. The summed E-state index contributed by atoms with van der Waals surface area (Å²) in [5, 5.41) is 5.72. The number of nitrogens with two attached hydrogens (primary N) is 1. The predicted octanol–water partition coefficient (Wildman–Crippen LogP) is 4.16. The van der Waals surface area contributed by atoms with E-state index in [1.165, 1.54) is 16.3 Å². The van der Waals surface area contributed by atoms with Crippen LogP contribution >= 0.6 is 12.2 Å². The zero-order valence-electron chi connectivity index (χ0n) is 10.8. The average Bonchev–Trinajstić information content (AvgIpc) is 2.46. The fourth-order valence-corrected chi connectivity index (χ4v) is 2.50. The molecule has 3 aromatic rings. The molecule has 20 heavy (non-hydrogen) atoms. The molecule has 0 aliphatic heterocycles. The minimum absolute atomic E-state index is 0.278. The SMILES string of the molecule is NC(=S)Nc1cccc(-c2cccc3ccccc23)c1. The van der Waals surface area contributed by atoms with Crippen molar-refractivity contribution in [2.24, 2.45) is 5.73 Å². The average molecular weight is 278 g/mol. The van der Waals surface area contributed by atoms with Crippen molar-refractivity contribution in [1.29, 1.82) is 0 Å². The molecule has 0 bridgehead atoms. The molecule has 0 spiro atoms. The highest BCUT2D eigenvalue weighted by atomic mass is 32.1. The Hall–Kier alpha value is -2.39. The number of hydrogen-bond acceptors (Lipinski definition) is 1. The van der Waals surface area contributed by atoms with Gasteiger partial charge in [0.05, 0.1) is 0 Å². The summed E-state index contributed by atoms with van der Waals surface area (Å²) < 4.78 is 0. The number of hydrogen-bond donors (Lipinski definition) is 2. The number of anilines is 1. The van der Waals surface area contributed by atoms with E-state index >= 15 is 0 Å². The summed E-state index contributed by atoms with van der Waals surface area (Å²) in [5.74, 6) is 0. The fraction of sp³-hybridized carbons (Fsp3) is 0. The zero-order chi connectivity index (χ0) is 13.9. The first kappa shape index (κ1) is 12.6. The largest absolute Gasteiger partial charge is 0.376 e. The van der Waals surface area contributed by atoms with E-state index < -0.39 is 0 Å². The molecule has 0 amide bonds. The van der Waals surface area contributed by atoms with Gasteiger partial charge in [0.1, 0.15) is 0 Å². The van der Waals surface area contributed by atoms with Crippen molar-refractivity contribution < 1.29 is 0 Å². The van der Waals surface area contributed by atoms with Crippen molar-refractivity contribution in [1.82, 2.24) is 0 Å². The maximum atomic E-state index is 5.52. The van der Waals surface area contributed by atoms with E-state index in [1.807, 2.05) is 12.1 Å². The van der Waals surface area contributed by atoms with Crippen LogP contribution in [0.5, 0.6) is 0 Å². The summed E-state index contributed by atoms with van der Waals surface area (Å²) in [6.45, 7) is 0. The lowest BCUT2D eigenvalue weighted by Crippen LogP contribution is -2.18. The Balaban J connectivity index is 2.13. The molecule has 0 aliphatic rings. The van der Waals surface area contributed by atoms with Gasteiger partial charge in [-0.05, 0) is 46.2 Å². The molecular formula is C17H14N2S. The molecule has 0 saturated carbocycles. The zero-order valence-corrected chi connectivity index (χ0v) is 11.7. The summed E-state index contributed by atoms with van der Waals surface area (Å²) in [7, 11) is 0. The van der Waals surface area contributed by atoms with Gasteiger partial charge in [0.25, 0.3) is 0 Å².